The molecule has 1 heterocycles. The van der Waals surface area contributed by atoms with Crippen LogP contribution in [0.5, 0.6) is 0 Å². The number of carbonyl (C=O) groups is 2. The molecule has 0 radical (unpaired) electrons. The Hall–Kier alpha value is -4.01. The van der Waals surface area contributed by atoms with Crippen LogP contribution in [0, 0.1) is 6.92 Å². The van der Waals surface area contributed by atoms with Gasteiger partial charge in [0.05, 0.1) is 10.4 Å². The Morgan fingerprint density at radius 2 is 1.63 bits per heavy atom. The van der Waals surface area contributed by atoms with E-state index in [0.717, 1.165) is 16.5 Å². The van der Waals surface area contributed by atoms with Gasteiger partial charge in [-0.25, -0.2) is 22.9 Å². The number of ketones is 1. The van der Waals surface area contributed by atoms with Crippen LogP contribution in [0.25, 0.3) is 17.0 Å². The first-order valence-electron chi connectivity index (χ1n) is 10.5. The molecular formula is C26H20ClN3O4S. The molecule has 0 unspecified atom stereocenters. The van der Waals surface area contributed by atoms with Crippen LogP contribution in [0.3, 0.4) is 0 Å². The second kappa shape index (κ2) is 10.1. The molecule has 0 saturated carbocycles. The number of sulfonamides is 1. The van der Waals surface area contributed by atoms with E-state index in [4.69, 9.17) is 11.6 Å². The third-order valence-electron chi connectivity index (χ3n) is 5.10. The number of halogens is 1. The van der Waals surface area contributed by atoms with Crippen LogP contribution in [0.4, 0.5) is 10.5 Å². The minimum Gasteiger partial charge on any atom is -0.307 e. The number of hydrogen-bond donors (Lipinski definition) is 2. The Morgan fingerprint density at radius 3 is 2.34 bits per heavy atom. The summed E-state index contributed by atoms with van der Waals surface area (Å²) in [7, 11) is -4.01. The lowest BCUT2D eigenvalue weighted by atomic mass is 10.1. The Balaban J connectivity index is 1.40. The second-order valence-corrected chi connectivity index (χ2v) is 9.75. The van der Waals surface area contributed by atoms with Gasteiger partial charge in [0.1, 0.15) is 5.15 Å². The number of fused-ring (bicyclic) bond motifs is 1. The third kappa shape index (κ3) is 5.92. The van der Waals surface area contributed by atoms with Gasteiger partial charge in [0.2, 0.25) is 0 Å². The largest absolute Gasteiger partial charge is 0.333 e. The molecule has 176 valence electrons. The number of urea groups is 1. The molecule has 4 aromatic rings. The zero-order valence-corrected chi connectivity index (χ0v) is 20.1. The van der Waals surface area contributed by atoms with E-state index in [-0.39, 0.29) is 10.7 Å². The molecule has 2 amide bonds. The van der Waals surface area contributed by atoms with E-state index in [1.807, 2.05) is 42.0 Å². The number of aromatic nitrogens is 1. The maximum Gasteiger partial charge on any atom is 0.333 e. The maximum atomic E-state index is 12.6. The molecule has 0 aliphatic carbocycles. The van der Waals surface area contributed by atoms with Crippen molar-refractivity contribution in [2.75, 3.05) is 5.32 Å². The molecule has 1 aromatic heterocycles. The second-order valence-electron chi connectivity index (χ2n) is 7.71. The number of para-hydroxylation sites is 1. The van der Waals surface area contributed by atoms with Crippen LogP contribution in [0.2, 0.25) is 5.15 Å². The lowest BCUT2D eigenvalue weighted by molar-refractivity contribution is 0.104. The Morgan fingerprint density at radius 1 is 0.943 bits per heavy atom. The summed E-state index contributed by atoms with van der Waals surface area (Å²) in [6, 6.07) is 20.6. The van der Waals surface area contributed by atoms with E-state index in [2.05, 4.69) is 10.3 Å². The Bertz CT molecular complexity index is 1550. The minimum atomic E-state index is -4.01. The molecule has 35 heavy (non-hydrogen) atoms. The highest BCUT2D eigenvalue weighted by atomic mass is 35.5. The standard InChI is InChI=1S/C26H20ClN3O4S/c1-17-6-13-22(14-7-17)35(33,34)30-26(32)28-21-11-8-18(9-12-21)24(31)15-10-20-16-19-4-2-3-5-23(19)29-25(20)27/h2-16H,1H3,(H2,28,30,32)/b15-10+. The molecule has 0 spiro atoms. The van der Waals surface area contributed by atoms with Crippen LogP contribution in [-0.2, 0) is 10.0 Å². The molecule has 0 atom stereocenters. The molecule has 7 nitrogen and oxygen atoms in total. The SMILES string of the molecule is Cc1ccc(S(=O)(=O)NC(=O)Nc2ccc(C(=O)/C=C/c3cc4ccccc4nc3Cl)cc2)cc1. The Labute approximate surface area is 207 Å². The summed E-state index contributed by atoms with van der Waals surface area (Å²) in [5.41, 5.74) is 2.98. The number of hydrogen-bond acceptors (Lipinski definition) is 5. The van der Waals surface area contributed by atoms with Crippen LogP contribution in [0.1, 0.15) is 21.5 Å². The van der Waals surface area contributed by atoms with Crippen molar-refractivity contribution in [1.29, 1.82) is 0 Å². The van der Waals surface area contributed by atoms with Gasteiger partial charge in [-0.2, -0.15) is 0 Å². The van der Waals surface area contributed by atoms with Gasteiger partial charge in [0.15, 0.2) is 5.78 Å². The van der Waals surface area contributed by atoms with Crippen molar-refractivity contribution < 1.29 is 18.0 Å². The van der Waals surface area contributed by atoms with Gasteiger partial charge in [-0.1, -0.05) is 47.5 Å². The topological polar surface area (TPSA) is 105 Å². The van der Waals surface area contributed by atoms with Gasteiger partial charge < -0.3 is 5.32 Å². The smallest absolute Gasteiger partial charge is 0.307 e. The average molecular weight is 506 g/mol. The number of aryl methyl sites for hydroxylation is 1. The molecule has 0 saturated heterocycles. The first-order valence-corrected chi connectivity index (χ1v) is 12.4. The van der Waals surface area contributed by atoms with Crippen molar-refractivity contribution in [2.24, 2.45) is 0 Å². The van der Waals surface area contributed by atoms with E-state index in [1.54, 1.807) is 18.2 Å². The summed E-state index contributed by atoms with van der Waals surface area (Å²) in [6.07, 6.45) is 2.99. The Kier molecular flexibility index (Phi) is 6.95. The van der Waals surface area contributed by atoms with Crippen molar-refractivity contribution in [1.82, 2.24) is 9.71 Å². The van der Waals surface area contributed by atoms with Crippen LogP contribution in [-0.4, -0.2) is 25.2 Å². The predicted molar refractivity (Wildman–Crippen MR) is 137 cm³/mol. The van der Waals surface area contributed by atoms with E-state index < -0.39 is 16.1 Å². The lowest BCUT2D eigenvalue weighted by Gasteiger charge is -2.09. The van der Waals surface area contributed by atoms with Crippen molar-refractivity contribution in [3.63, 3.8) is 0 Å². The number of benzene rings is 3. The van der Waals surface area contributed by atoms with Crippen molar-refractivity contribution in [2.45, 2.75) is 11.8 Å². The number of nitrogens with zero attached hydrogens (tertiary/aromatic N) is 1. The van der Waals surface area contributed by atoms with E-state index in [1.165, 1.54) is 42.5 Å². The number of anilines is 1. The van der Waals surface area contributed by atoms with Gasteiger partial charge in [-0.05, 0) is 67.6 Å². The van der Waals surface area contributed by atoms with Gasteiger partial charge in [-0.3, -0.25) is 4.79 Å². The van der Waals surface area contributed by atoms with Crippen molar-refractivity contribution >= 4 is 56.1 Å². The highest BCUT2D eigenvalue weighted by molar-refractivity contribution is 7.90. The van der Waals surface area contributed by atoms with Crippen LogP contribution in [0.15, 0.2) is 89.8 Å². The van der Waals surface area contributed by atoms with Crippen molar-refractivity contribution in [3.05, 3.63) is 107 Å². The lowest BCUT2D eigenvalue weighted by Crippen LogP contribution is -2.34. The summed E-state index contributed by atoms with van der Waals surface area (Å²) >= 11 is 6.23. The first kappa shape index (κ1) is 24.1. The van der Waals surface area contributed by atoms with Gasteiger partial charge >= 0.3 is 6.03 Å². The summed E-state index contributed by atoms with van der Waals surface area (Å²) in [4.78, 5) is 29.0. The molecule has 3 aromatic carbocycles. The molecule has 2 N–H and O–H groups in total. The highest BCUT2D eigenvalue weighted by Crippen LogP contribution is 2.22. The summed E-state index contributed by atoms with van der Waals surface area (Å²) in [6.45, 7) is 1.83. The fraction of sp³-hybridized carbons (Fsp3) is 0.0385. The number of pyridine rings is 1. The molecule has 0 fully saturated rings. The molecule has 0 aliphatic rings. The molecular weight excluding hydrogens is 486 g/mol. The normalized spacial score (nSPS) is 11.5. The molecule has 9 heteroatoms. The molecule has 0 bridgehead atoms. The van der Waals surface area contributed by atoms with Gasteiger partial charge in [0, 0.05) is 22.2 Å². The summed E-state index contributed by atoms with van der Waals surface area (Å²) < 4.78 is 26.6. The van der Waals surface area contributed by atoms with Crippen LogP contribution >= 0.6 is 11.6 Å². The zero-order valence-electron chi connectivity index (χ0n) is 18.5. The highest BCUT2D eigenvalue weighted by Gasteiger charge is 2.17. The maximum absolute atomic E-state index is 12.6. The zero-order chi connectivity index (χ0) is 25.0. The van der Waals surface area contributed by atoms with Crippen molar-refractivity contribution in [3.8, 4) is 0 Å². The average Bonchev–Trinajstić information content (AvgIpc) is 2.83. The van der Waals surface area contributed by atoms with E-state index in [9.17, 15) is 18.0 Å². The predicted octanol–water partition coefficient (Wildman–Crippen LogP) is 5.60. The van der Waals surface area contributed by atoms with Crippen LogP contribution < -0.4 is 10.0 Å². The molecule has 0 aliphatic heterocycles. The number of nitrogens with one attached hydrogen (secondary N) is 2. The number of rotatable bonds is 6. The summed E-state index contributed by atoms with van der Waals surface area (Å²) in [5, 5.41) is 3.64. The van der Waals surface area contributed by atoms with E-state index >= 15 is 0 Å². The van der Waals surface area contributed by atoms with E-state index in [0.29, 0.717) is 22.0 Å². The van der Waals surface area contributed by atoms with Gasteiger partial charge in [0.25, 0.3) is 10.0 Å². The number of allylic oxidation sites excluding steroid dienone is 1. The fourth-order valence-electron chi connectivity index (χ4n) is 3.26. The fourth-order valence-corrected chi connectivity index (χ4v) is 4.38. The first-order chi connectivity index (χ1) is 16.7. The molecule has 4 rings (SSSR count). The summed E-state index contributed by atoms with van der Waals surface area (Å²) in [5.74, 6) is -0.271. The number of carbonyl (C=O) groups excluding carboxylic acids is 2. The minimum absolute atomic E-state index is 0.0206. The monoisotopic (exact) mass is 505 g/mol. The van der Waals surface area contributed by atoms with Gasteiger partial charge in [-0.15, -0.1) is 0 Å². The third-order valence-corrected chi connectivity index (χ3v) is 6.75. The quantitative estimate of drug-likeness (QED) is 0.201. The number of amides is 2.